The van der Waals surface area contributed by atoms with E-state index in [1.54, 1.807) is 0 Å². The van der Waals surface area contributed by atoms with E-state index in [0.29, 0.717) is 11.8 Å². The molecule has 2 nitrogen and oxygen atoms in total. The Labute approximate surface area is 140 Å². The second-order valence-electron chi connectivity index (χ2n) is 6.10. The van der Waals surface area contributed by atoms with E-state index in [-0.39, 0.29) is 0 Å². The summed E-state index contributed by atoms with van der Waals surface area (Å²) in [6, 6.07) is 12.6. The van der Waals surface area contributed by atoms with Gasteiger partial charge >= 0.3 is 0 Å². The van der Waals surface area contributed by atoms with Crippen molar-refractivity contribution < 1.29 is 4.79 Å². The number of hydrogen-bond donors (Lipinski definition) is 0. The third-order valence-corrected chi connectivity index (χ3v) is 5.20. The van der Waals surface area contributed by atoms with E-state index in [1.165, 1.54) is 18.4 Å². The number of benzene rings is 1. The van der Waals surface area contributed by atoms with E-state index in [1.807, 2.05) is 18.3 Å². The van der Waals surface area contributed by atoms with E-state index < -0.39 is 0 Å². The number of hydrogen-bond acceptors (Lipinski definition) is 2. The smallest absolute Gasteiger partial charge is 0.120 e. The minimum atomic E-state index is 0.601. The molecule has 0 unspecified atom stereocenters. The number of aldehydes is 1. The van der Waals surface area contributed by atoms with Crippen molar-refractivity contribution >= 4 is 22.2 Å². The molecule has 0 radical (unpaired) electrons. The van der Waals surface area contributed by atoms with Crippen LogP contribution in [0.4, 0.5) is 0 Å². The summed E-state index contributed by atoms with van der Waals surface area (Å²) < 4.78 is 1.08. The van der Waals surface area contributed by atoms with Crippen LogP contribution < -0.4 is 0 Å². The number of nitrogens with zero attached hydrogens (tertiary/aromatic N) is 1. The van der Waals surface area contributed by atoms with Gasteiger partial charge in [-0.05, 0) is 61.3 Å². The van der Waals surface area contributed by atoms with Crippen molar-refractivity contribution in [2.45, 2.75) is 38.0 Å². The fraction of sp³-hybridized carbons (Fsp3) is 0.368. The van der Waals surface area contributed by atoms with Crippen LogP contribution in [-0.2, 0) is 4.79 Å². The van der Waals surface area contributed by atoms with Gasteiger partial charge in [-0.3, -0.25) is 4.98 Å². The molecule has 0 spiro atoms. The zero-order valence-corrected chi connectivity index (χ0v) is 14.1. The summed E-state index contributed by atoms with van der Waals surface area (Å²) in [5.41, 5.74) is 3.50. The van der Waals surface area contributed by atoms with Gasteiger partial charge in [0.1, 0.15) is 6.29 Å². The lowest BCUT2D eigenvalue weighted by atomic mass is 9.78. The first-order valence-electron chi connectivity index (χ1n) is 7.92. The maximum Gasteiger partial charge on any atom is 0.120 e. The Morgan fingerprint density at radius 3 is 2.36 bits per heavy atom. The average molecular weight is 358 g/mol. The van der Waals surface area contributed by atoms with Crippen LogP contribution in [0.3, 0.4) is 0 Å². The molecule has 1 aromatic carbocycles. The van der Waals surface area contributed by atoms with E-state index in [9.17, 15) is 4.79 Å². The maximum absolute atomic E-state index is 10.6. The van der Waals surface area contributed by atoms with E-state index >= 15 is 0 Å². The zero-order chi connectivity index (χ0) is 15.4. The summed E-state index contributed by atoms with van der Waals surface area (Å²) in [5, 5.41) is 0. The van der Waals surface area contributed by atoms with Gasteiger partial charge in [-0.2, -0.15) is 0 Å². The minimum Gasteiger partial charge on any atom is -0.303 e. The first-order chi connectivity index (χ1) is 10.8. The van der Waals surface area contributed by atoms with Gasteiger partial charge < -0.3 is 4.79 Å². The predicted octanol–water partition coefficient (Wildman–Crippen LogP) is 5.37. The van der Waals surface area contributed by atoms with Gasteiger partial charge in [0.15, 0.2) is 0 Å². The molecule has 3 heteroatoms. The Bertz CT molecular complexity index is 613. The van der Waals surface area contributed by atoms with Crippen LogP contribution in [0.5, 0.6) is 0 Å². The molecular weight excluding hydrogens is 338 g/mol. The normalized spacial score (nSPS) is 21.5. The highest BCUT2D eigenvalue weighted by atomic mass is 79.9. The minimum absolute atomic E-state index is 0.601. The Balaban J connectivity index is 1.67. The fourth-order valence-corrected chi connectivity index (χ4v) is 3.57. The number of aromatic nitrogens is 1. The molecular formula is C19H20BrNO. The largest absolute Gasteiger partial charge is 0.303 e. The van der Waals surface area contributed by atoms with Gasteiger partial charge in [0, 0.05) is 22.7 Å². The van der Waals surface area contributed by atoms with Crippen molar-refractivity contribution in [3.63, 3.8) is 0 Å². The molecule has 1 aromatic heterocycles. The summed E-state index contributed by atoms with van der Waals surface area (Å²) in [6.45, 7) is 0. The monoisotopic (exact) mass is 357 g/mol. The van der Waals surface area contributed by atoms with E-state index in [2.05, 4.69) is 45.2 Å². The topological polar surface area (TPSA) is 30.0 Å². The van der Waals surface area contributed by atoms with Crippen molar-refractivity contribution in [3.8, 4) is 11.3 Å². The lowest BCUT2D eigenvalue weighted by Gasteiger charge is -2.27. The Morgan fingerprint density at radius 1 is 1.05 bits per heavy atom. The molecule has 0 N–H and O–H groups in total. The lowest BCUT2D eigenvalue weighted by Crippen LogP contribution is -2.13. The lowest BCUT2D eigenvalue weighted by molar-refractivity contribution is -0.108. The van der Waals surface area contributed by atoms with Gasteiger partial charge in [0.25, 0.3) is 0 Å². The average Bonchev–Trinajstić information content (AvgIpc) is 2.57. The van der Waals surface area contributed by atoms with Crippen LogP contribution in [0.25, 0.3) is 11.3 Å². The second kappa shape index (κ2) is 7.19. The van der Waals surface area contributed by atoms with Crippen molar-refractivity contribution in [2.75, 3.05) is 0 Å². The number of rotatable bonds is 4. The summed E-state index contributed by atoms with van der Waals surface area (Å²) >= 11 is 3.46. The molecule has 3 rings (SSSR count). The summed E-state index contributed by atoms with van der Waals surface area (Å²) in [5.74, 6) is 1.21. The molecule has 0 atom stereocenters. The van der Waals surface area contributed by atoms with Crippen molar-refractivity contribution in [2.24, 2.45) is 5.92 Å². The third-order valence-electron chi connectivity index (χ3n) is 4.67. The standard InChI is InChI=1S/C19H20BrNO/c20-18-8-5-16(6-9-18)19-10-7-17(13-21-19)15-3-1-14(2-4-15)11-12-22/h5-10,12-15H,1-4,11H2/t14-,15-. The Hall–Kier alpha value is -1.48. The van der Waals surface area contributed by atoms with Crippen LogP contribution in [0.1, 0.15) is 43.6 Å². The van der Waals surface area contributed by atoms with Crippen LogP contribution in [0.15, 0.2) is 47.1 Å². The van der Waals surface area contributed by atoms with Crippen LogP contribution in [0.2, 0.25) is 0 Å². The van der Waals surface area contributed by atoms with E-state index in [4.69, 9.17) is 0 Å². The van der Waals surface area contributed by atoms with Crippen LogP contribution in [0, 0.1) is 5.92 Å². The Kier molecular flexibility index (Phi) is 5.04. The van der Waals surface area contributed by atoms with Crippen molar-refractivity contribution in [3.05, 3.63) is 52.6 Å². The van der Waals surface area contributed by atoms with Gasteiger partial charge in [0.2, 0.25) is 0 Å². The van der Waals surface area contributed by atoms with Gasteiger partial charge in [-0.15, -0.1) is 0 Å². The number of carbonyl (C=O) groups is 1. The molecule has 0 saturated heterocycles. The first kappa shape index (κ1) is 15.4. The summed E-state index contributed by atoms with van der Waals surface area (Å²) in [6.07, 6.45) is 8.51. The van der Waals surface area contributed by atoms with Crippen molar-refractivity contribution in [1.82, 2.24) is 4.98 Å². The summed E-state index contributed by atoms with van der Waals surface area (Å²) in [7, 11) is 0. The number of carbonyl (C=O) groups excluding carboxylic acids is 1. The van der Waals surface area contributed by atoms with Crippen LogP contribution in [-0.4, -0.2) is 11.3 Å². The summed E-state index contributed by atoms with van der Waals surface area (Å²) in [4.78, 5) is 15.2. The fourth-order valence-electron chi connectivity index (χ4n) is 3.31. The van der Waals surface area contributed by atoms with Crippen LogP contribution >= 0.6 is 15.9 Å². The number of halogens is 1. The molecule has 0 bridgehead atoms. The first-order valence-corrected chi connectivity index (χ1v) is 8.71. The quantitative estimate of drug-likeness (QED) is 0.688. The molecule has 2 aromatic rings. The molecule has 1 aliphatic carbocycles. The highest BCUT2D eigenvalue weighted by Gasteiger charge is 2.22. The van der Waals surface area contributed by atoms with Crippen molar-refractivity contribution in [1.29, 1.82) is 0 Å². The maximum atomic E-state index is 10.6. The predicted molar refractivity (Wildman–Crippen MR) is 92.8 cm³/mol. The van der Waals surface area contributed by atoms with Gasteiger partial charge in [-0.25, -0.2) is 0 Å². The SMILES string of the molecule is O=CC[C@H]1CC[C@H](c2ccc(-c3ccc(Br)cc3)nc2)CC1. The zero-order valence-electron chi connectivity index (χ0n) is 12.5. The van der Waals surface area contributed by atoms with Gasteiger partial charge in [0.05, 0.1) is 5.69 Å². The van der Waals surface area contributed by atoms with E-state index in [0.717, 1.165) is 41.3 Å². The molecule has 1 saturated carbocycles. The molecule has 0 amide bonds. The highest BCUT2D eigenvalue weighted by Crippen LogP contribution is 2.36. The highest BCUT2D eigenvalue weighted by molar-refractivity contribution is 9.10. The van der Waals surface area contributed by atoms with Gasteiger partial charge in [-0.1, -0.05) is 34.1 Å². The second-order valence-corrected chi connectivity index (χ2v) is 7.02. The molecule has 22 heavy (non-hydrogen) atoms. The molecule has 0 aliphatic heterocycles. The number of pyridine rings is 1. The molecule has 114 valence electrons. The third kappa shape index (κ3) is 3.64. The molecule has 1 heterocycles. The molecule has 1 aliphatic rings. The molecule has 1 fully saturated rings. The Morgan fingerprint density at radius 2 is 1.77 bits per heavy atom.